The van der Waals surface area contributed by atoms with Crippen molar-refractivity contribution >= 4 is 0 Å². The topological polar surface area (TPSA) is 24.5 Å². The molecule has 1 fully saturated rings. The van der Waals surface area contributed by atoms with E-state index in [2.05, 4.69) is 24.2 Å². The van der Waals surface area contributed by atoms with Crippen molar-refractivity contribution in [1.82, 2.24) is 10.2 Å². The van der Waals surface area contributed by atoms with Crippen molar-refractivity contribution in [3.8, 4) is 0 Å². The van der Waals surface area contributed by atoms with Crippen LogP contribution in [0.15, 0.2) is 0 Å². The van der Waals surface area contributed by atoms with Crippen molar-refractivity contribution < 1.29 is 4.74 Å². The van der Waals surface area contributed by atoms with Crippen LogP contribution in [0.5, 0.6) is 0 Å². The van der Waals surface area contributed by atoms with E-state index in [-0.39, 0.29) is 0 Å². The summed E-state index contributed by atoms with van der Waals surface area (Å²) in [5.74, 6) is 0.868. The standard InChI is InChI=1S/C14H30N2O/c1-3-8-15-9-4-5-10-16(2)13-14-6-11-17-12-7-14/h14-15H,3-13H2,1-2H3. The third kappa shape index (κ3) is 7.74. The zero-order chi connectivity index (χ0) is 12.3. The smallest absolute Gasteiger partial charge is 0.0469 e. The maximum Gasteiger partial charge on any atom is 0.0469 e. The van der Waals surface area contributed by atoms with Gasteiger partial charge in [-0.25, -0.2) is 0 Å². The summed E-state index contributed by atoms with van der Waals surface area (Å²) in [7, 11) is 2.26. The summed E-state index contributed by atoms with van der Waals surface area (Å²) in [4.78, 5) is 2.50. The normalized spacial score (nSPS) is 17.8. The van der Waals surface area contributed by atoms with Gasteiger partial charge in [-0.3, -0.25) is 0 Å². The minimum atomic E-state index is 0.868. The highest BCUT2D eigenvalue weighted by Gasteiger charge is 2.15. The number of nitrogens with one attached hydrogen (secondary N) is 1. The molecule has 1 aliphatic rings. The average Bonchev–Trinajstić information content (AvgIpc) is 2.35. The summed E-state index contributed by atoms with van der Waals surface area (Å²) in [5.41, 5.74) is 0. The molecular weight excluding hydrogens is 212 g/mol. The summed E-state index contributed by atoms with van der Waals surface area (Å²) in [5, 5.41) is 3.46. The maximum absolute atomic E-state index is 5.39. The van der Waals surface area contributed by atoms with Gasteiger partial charge in [-0.15, -0.1) is 0 Å². The minimum absolute atomic E-state index is 0.868. The fourth-order valence-electron chi connectivity index (χ4n) is 2.39. The van der Waals surface area contributed by atoms with E-state index in [0.717, 1.165) is 25.7 Å². The van der Waals surface area contributed by atoms with Crippen LogP contribution in [-0.4, -0.2) is 51.3 Å². The molecule has 0 aliphatic carbocycles. The maximum atomic E-state index is 5.39. The van der Waals surface area contributed by atoms with Gasteiger partial charge in [0.25, 0.3) is 0 Å². The van der Waals surface area contributed by atoms with Crippen LogP contribution in [0.4, 0.5) is 0 Å². The van der Waals surface area contributed by atoms with Crippen LogP contribution in [0, 0.1) is 5.92 Å². The summed E-state index contributed by atoms with van der Waals surface area (Å²) >= 11 is 0. The van der Waals surface area contributed by atoms with E-state index >= 15 is 0 Å². The monoisotopic (exact) mass is 242 g/mol. The molecule has 0 aromatic heterocycles. The Hall–Kier alpha value is -0.120. The van der Waals surface area contributed by atoms with Crippen LogP contribution in [0.3, 0.4) is 0 Å². The van der Waals surface area contributed by atoms with E-state index in [1.54, 1.807) is 0 Å². The minimum Gasteiger partial charge on any atom is -0.381 e. The van der Waals surface area contributed by atoms with Gasteiger partial charge < -0.3 is 15.0 Å². The second-order valence-corrected chi connectivity index (χ2v) is 5.28. The van der Waals surface area contributed by atoms with E-state index in [1.807, 2.05) is 0 Å². The first-order valence-electron chi connectivity index (χ1n) is 7.30. The predicted molar refractivity (Wildman–Crippen MR) is 73.4 cm³/mol. The number of hydrogen-bond acceptors (Lipinski definition) is 3. The Morgan fingerprint density at radius 1 is 1.18 bits per heavy atom. The molecule has 0 saturated carbocycles. The Bertz CT molecular complexity index is 170. The zero-order valence-electron chi connectivity index (χ0n) is 11.7. The van der Waals surface area contributed by atoms with Crippen molar-refractivity contribution in [3.63, 3.8) is 0 Å². The van der Waals surface area contributed by atoms with Crippen LogP contribution in [0.1, 0.15) is 39.0 Å². The quantitative estimate of drug-likeness (QED) is 0.627. The van der Waals surface area contributed by atoms with Crippen LogP contribution in [0.2, 0.25) is 0 Å². The summed E-state index contributed by atoms with van der Waals surface area (Å²) < 4.78 is 5.39. The van der Waals surface area contributed by atoms with Crippen molar-refractivity contribution in [2.45, 2.75) is 39.0 Å². The number of ether oxygens (including phenoxy) is 1. The lowest BCUT2D eigenvalue weighted by molar-refractivity contribution is 0.0556. The van der Waals surface area contributed by atoms with Gasteiger partial charge in [-0.05, 0) is 64.7 Å². The molecule has 1 rings (SSSR count). The third-order valence-electron chi connectivity index (χ3n) is 3.48. The first-order valence-corrected chi connectivity index (χ1v) is 7.30. The number of rotatable bonds is 9. The van der Waals surface area contributed by atoms with Crippen LogP contribution < -0.4 is 5.32 Å². The Morgan fingerprint density at radius 2 is 1.94 bits per heavy atom. The van der Waals surface area contributed by atoms with Crippen molar-refractivity contribution in [3.05, 3.63) is 0 Å². The SMILES string of the molecule is CCCNCCCCN(C)CC1CCOCC1. The molecule has 1 aliphatic heterocycles. The van der Waals surface area contributed by atoms with E-state index in [0.29, 0.717) is 0 Å². The van der Waals surface area contributed by atoms with Gasteiger partial charge in [0, 0.05) is 19.8 Å². The van der Waals surface area contributed by atoms with Crippen LogP contribution in [0.25, 0.3) is 0 Å². The average molecular weight is 242 g/mol. The first-order chi connectivity index (χ1) is 8.33. The van der Waals surface area contributed by atoms with E-state index in [9.17, 15) is 0 Å². The molecule has 0 spiro atoms. The molecule has 3 nitrogen and oxygen atoms in total. The molecule has 0 aromatic carbocycles. The summed E-state index contributed by atoms with van der Waals surface area (Å²) in [6.07, 6.45) is 6.36. The summed E-state index contributed by atoms with van der Waals surface area (Å²) in [6, 6.07) is 0. The van der Waals surface area contributed by atoms with Crippen molar-refractivity contribution in [2.24, 2.45) is 5.92 Å². The number of unbranched alkanes of at least 4 members (excludes halogenated alkanes) is 1. The van der Waals surface area contributed by atoms with Gasteiger partial charge in [0.2, 0.25) is 0 Å². The molecular formula is C14H30N2O. The van der Waals surface area contributed by atoms with E-state index in [1.165, 1.54) is 51.7 Å². The van der Waals surface area contributed by atoms with Gasteiger partial charge in [0.1, 0.15) is 0 Å². The summed E-state index contributed by atoms with van der Waals surface area (Å²) in [6.45, 7) is 9.00. The molecule has 17 heavy (non-hydrogen) atoms. The molecule has 102 valence electrons. The fraction of sp³-hybridized carbons (Fsp3) is 1.00. The van der Waals surface area contributed by atoms with Crippen molar-refractivity contribution in [1.29, 1.82) is 0 Å². The Morgan fingerprint density at radius 3 is 2.65 bits per heavy atom. The number of nitrogens with zero attached hydrogens (tertiary/aromatic N) is 1. The third-order valence-corrected chi connectivity index (χ3v) is 3.48. The predicted octanol–water partition coefficient (Wildman–Crippen LogP) is 2.12. The lowest BCUT2D eigenvalue weighted by atomic mass is 10.00. The molecule has 0 unspecified atom stereocenters. The molecule has 1 saturated heterocycles. The van der Waals surface area contributed by atoms with Gasteiger partial charge in [0.15, 0.2) is 0 Å². The molecule has 3 heteroatoms. The molecule has 0 bridgehead atoms. The van der Waals surface area contributed by atoms with Gasteiger partial charge in [0.05, 0.1) is 0 Å². The molecule has 0 aromatic rings. The molecule has 1 heterocycles. The largest absolute Gasteiger partial charge is 0.381 e. The molecule has 1 N–H and O–H groups in total. The molecule has 0 atom stereocenters. The first kappa shape index (κ1) is 14.9. The van der Waals surface area contributed by atoms with Crippen molar-refractivity contribution in [2.75, 3.05) is 46.4 Å². The van der Waals surface area contributed by atoms with Crippen LogP contribution >= 0.6 is 0 Å². The number of hydrogen-bond donors (Lipinski definition) is 1. The van der Waals surface area contributed by atoms with Gasteiger partial charge >= 0.3 is 0 Å². The van der Waals surface area contributed by atoms with E-state index < -0.39 is 0 Å². The zero-order valence-corrected chi connectivity index (χ0v) is 11.7. The Labute approximate surface area is 107 Å². The second-order valence-electron chi connectivity index (χ2n) is 5.28. The highest BCUT2D eigenvalue weighted by Crippen LogP contribution is 2.15. The highest BCUT2D eigenvalue weighted by atomic mass is 16.5. The van der Waals surface area contributed by atoms with E-state index in [4.69, 9.17) is 4.74 Å². The highest BCUT2D eigenvalue weighted by molar-refractivity contribution is 4.67. The molecule has 0 amide bonds. The lowest BCUT2D eigenvalue weighted by Crippen LogP contribution is -2.30. The van der Waals surface area contributed by atoms with Gasteiger partial charge in [-0.2, -0.15) is 0 Å². The molecule has 0 radical (unpaired) electrons. The van der Waals surface area contributed by atoms with Gasteiger partial charge in [-0.1, -0.05) is 6.92 Å². The lowest BCUT2D eigenvalue weighted by Gasteiger charge is -2.27. The second kappa shape index (κ2) is 9.86. The fourth-order valence-corrected chi connectivity index (χ4v) is 2.39. The Balaban J connectivity index is 1.91. The van der Waals surface area contributed by atoms with Crippen LogP contribution in [-0.2, 0) is 4.74 Å². The Kier molecular flexibility index (Phi) is 8.67.